The average molecular weight is 249 g/mol. The molecule has 1 saturated heterocycles. The average Bonchev–Trinajstić information content (AvgIpc) is 2.38. The highest BCUT2D eigenvalue weighted by Crippen LogP contribution is 2.22. The first-order valence-corrected chi connectivity index (χ1v) is 6.43. The maximum atomic E-state index is 10.9. The first-order valence-electron chi connectivity index (χ1n) is 6.43. The van der Waals surface area contributed by atoms with Gasteiger partial charge in [-0.15, -0.1) is 0 Å². The van der Waals surface area contributed by atoms with Gasteiger partial charge < -0.3 is 10.0 Å². The van der Waals surface area contributed by atoms with E-state index in [1.54, 1.807) is 6.92 Å². The Hall–Kier alpha value is -1.65. The van der Waals surface area contributed by atoms with Crippen molar-refractivity contribution < 1.29 is 9.90 Å². The number of aromatic nitrogens is 2. The normalized spacial score (nSPS) is 19.9. The Morgan fingerprint density at radius 2 is 2.39 bits per heavy atom. The highest BCUT2D eigenvalue weighted by atomic mass is 16.4. The van der Waals surface area contributed by atoms with Crippen molar-refractivity contribution in [2.45, 2.75) is 33.1 Å². The van der Waals surface area contributed by atoms with Gasteiger partial charge in [-0.05, 0) is 25.7 Å². The first kappa shape index (κ1) is 12.8. The van der Waals surface area contributed by atoms with Crippen LogP contribution in [0.1, 0.15) is 42.2 Å². The van der Waals surface area contributed by atoms with E-state index >= 15 is 0 Å². The zero-order valence-electron chi connectivity index (χ0n) is 10.9. The molecule has 1 aliphatic rings. The van der Waals surface area contributed by atoms with Crippen molar-refractivity contribution in [2.75, 3.05) is 18.0 Å². The van der Waals surface area contributed by atoms with Crippen molar-refractivity contribution in [3.8, 4) is 0 Å². The van der Waals surface area contributed by atoms with E-state index in [4.69, 9.17) is 5.11 Å². The number of anilines is 1. The second-order valence-electron chi connectivity index (χ2n) is 4.84. The number of aryl methyl sites for hydroxylation is 1. The molecular weight excluding hydrogens is 230 g/mol. The van der Waals surface area contributed by atoms with Crippen LogP contribution >= 0.6 is 0 Å². The lowest BCUT2D eigenvalue weighted by Crippen LogP contribution is -2.36. The van der Waals surface area contributed by atoms with E-state index < -0.39 is 5.97 Å². The molecule has 18 heavy (non-hydrogen) atoms. The highest BCUT2D eigenvalue weighted by Gasteiger charge is 2.21. The van der Waals surface area contributed by atoms with Crippen LogP contribution < -0.4 is 4.90 Å². The number of hydrogen-bond acceptors (Lipinski definition) is 4. The summed E-state index contributed by atoms with van der Waals surface area (Å²) in [7, 11) is 0. The van der Waals surface area contributed by atoms with Gasteiger partial charge in [-0.2, -0.15) is 0 Å². The number of rotatable bonds is 3. The Bertz CT molecular complexity index is 448. The smallest absolute Gasteiger partial charge is 0.339 e. The fourth-order valence-electron chi connectivity index (χ4n) is 2.40. The molecule has 1 N–H and O–H groups in total. The lowest BCUT2D eigenvalue weighted by atomic mass is 9.96. The van der Waals surface area contributed by atoms with Gasteiger partial charge in [0.15, 0.2) is 0 Å². The highest BCUT2D eigenvalue weighted by molar-refractivity contribution is 5.88. The summed E-state index contributed by atoms with van der Waals surface area (Å²) < 4.78 is 0. The van der Waals surface area contributed by atoms with E-state index in [9.17, 15) is 4.79 Å². The number of carboxylic acids is 1. The molecule has 1 aromatic rings. The number of nitrogens with zero attached hydrogens (tertiary/aromatic N) is 3. The molecule has 0 bridgehead atoms. The summed E-state index contributed by atoms with van der Waals surface area (Å²) in [6.07, 6.45) is 5.00. The standard InChI is InChI=1S/C13H19N3O2/c1-3-10-5-4-6-16(8-10)13-14-7-11(12(17)18)9(2)15-13/h7,10H,3-6,8H2,1-2H3,(H,17,18). The number of aromatic carboxylic acids is 1. The molecule has 1 atom stereocenters. The fraction of sp³-hybridized carbons (Fsp3) is 0.615. The van der Waals surface area contributed by atoms with Gasteiger partial charge in [-0.25, -0.2) is 14.8 Å². The van der Waals surface area contributed by atoms with Crippen LogP contribution in [0.5, 0.6) is 0 Å². The van der Waals surface area contributed by atoms with E-state index in [-0.39, 0.29) is 5.56 Å². The lowest BCUT2D eigenvalue weighted by molar-refractivity contribution is 0.0695. The Morgan fingerprint density at radius 3 is 3.00 bits per heavy atom. The van der Waals surface area contributed by atoms with Gasteiger partial charge in [0.25, 0.3) is 0 Å². The number of piperidine rings is 1. The van der Waals surface area contributed by atoms with Crippen molar-refractivity contribution in [3.05, 3.63) is 17.5 Å². The molecule has 5 heteroatoms. The van der Waals surface area contributed by atoms with Crippen LogP contribution in [0.2, 0.25) is 0 Å². The van der Waals surface area contributed by atoms with E-state index in [0.29, 0.717) is 17.6 Å². The molecule has 2 heterocycles. The molecule has 98 valence electrons. The summed E-state index contributed by atoms with van der Waals surface area (Å²) in [6, 6.07) is 0. The predicted octanol–water partition coefficient (Wildman–Crippen LogP) is 2.11. The lowest BCUT2D eigenvalue weighted by Gasteiger charge is -2.32. The Balaban J connectivity index is 2.18. The fourth-order valence-corrected chi connectivity index (χ4v) is 2.40. The topological polar surface area (TPSA) is 66.3 Å². The quantitative estimate of drug-likeness (QED) is 0.888. The van der Waals surface area contributed by atoms with Crippen LogP contribution in [-0.4, -0.2) is 34.1 Å². The Labute approximate surface area is 107 Å². The number of carboxylic acid groups (broad SMARTS) is 1. The van der Waals surface area contributed by atoms with E-state index in [1.807, 2.05) is 0 Å². The summed E-state index contributed by atoms with van der Waals surface area (Å²) in [5.74, 6) is 0.390. The van der Waals surface area contributed by atoms with Gasteiger partial charge in [-0.1, -0.05) is 13.3 Å². The molecule has 0 radical (unpaired) electrons. The van der Waals surface area contributed by atoms with Gasteiger partial charge in [0, 0.05) is 19.3 Å². The SMILES string of the molecule is CCC1CCCN(c2ncc(C(=O)O)c(C)n2)C1. The summed E-state index contributed by atoms with van der Waals surface area (Å²) in [6.45, 7) is 5.86. The summed E-state index contributed by atoms with van der Waals surface area (Å²) in [5.41, 5.74) is 0.717. The number of carbonyl (C=O) groups is 1. The molecule has 1 aliphatic heterocycles. The number of hydrogen-bond donors (Lipinski definition) is 1. The van der Waals surface area contributed by atoms with Gasteiger partial charge in [0.05, 0.1) is 11.3 Å². The minimum atomic E-state index is -0.968. The van der Waals surface area contributed by atoms with Gasteiger partial charge in [-0.3, -0.25) is 0 Å². The molecule has 1 aromatic heterocycles. The molecule has 5 nitrogen and oxygen atoms in total. The first-order chi connectivity index (χ1) is 8.61. The molecule has 1 unspecified atom stereocenters. The molecule has 0 spiro atoms. The Morgan fingerprint density at radius 1 is 1.61 bits per heavy atom. The van der Waals surface area contributed by atoms with Gasteiger partial charge >= 0.3 is 5.97 Å². The summed E-state index contributed by atoms with van der Waals surface area (Å²) >= 11 is 0. The minimum absolute atomic E-state index is 0.183. The molecule has 0 aromatic carbocycles. The van der Waals surface area contributed by atoms with Crippen LogP contribution in [0.3, 0.4) is 0 Å². The second kappa shape index (κ2) is 5.33. The summed E-state index contributed by atoms with van der Waals surface area (Å²) in [4.78, 5) is 21.6. The van der Waals surface area contributed by atoms with E-state index in [2.05, 4.69) is 21.8 Å². The molecule has 0 amide bonds. The van der Waals surface area contributed by atoms with Crippen LogP contribution in [0, 0.1) is 12.8 Å². The van der Waals surface area contributed by atoms with Crippen molar-refractivity contribution in [1.82, 2.24) is 9.97 Å². The summed E-state index contributed by atoms with van der Waals surface area (Å²) in [5, 5.41) is 8.95. The predicted molar refractivity (Wildman–Crippen MR) is 69.0 cm³/mol. The minimum Gasteiger partial charge on any atom is -0.478 e. The zero-order valence-corrected chi connectivity index (χ0v) is 10.9. The van der Waals surface area contributed by atoms with Crippen LogP contribution in [0.4, 0.5) is 5.95 Å². The van der Waals surface area contributed by atoms with Gasteiger partial charge in [0.1, 0.15) is 0 Å². The maximum absolute atomic E-state index is 10.9. The van der Waals surface area contributed by atoms with E-state index in [0.717, 1.165) is 19.5 Å². The van der Waals surface area contributed by atoms with Crippen molar-refractivity contribution in [1.29, 1.82) is 0 Å². The molecule has 1 fully saturated rings. The maximum Gasteiger partial charge on any atom is 0.339 e. The van der Waals surface area contributed by atoms with E-state index in [1.165, 1.54) is 19.0 Å². The van der Waals surface area contributed by atoms with Crippen LogP contribution in [0.25, 0.3) is 0 Å². The zero-order chi connectivity index (χ0) is 13.1. The Kier molecular flexibility index (Phi) is 3.79. The largest absolute Gasteiger partial charge is 0.478 e. The van der Waals surface area contributed by atoms with Crippen LogP contribution in [0.15, 0.2) is 6.20 Å². The molecule has 2 rings (SSSR count). The third-order valence-corrected chi connectivity index (χ3v) is 3.58. The third-order valence-electron chi connectivity index (χ3n) is 3.58. The van der Waals surface area contributed by atoms with Crippen molar-refractivity contribution >= 4 is 11.9 Å². The molecule has 0 aliphatic carbocycles. The second-order valence-corrected chi connectivity index (χ2v) is 4.84. The third kappa shape index (κ3) is 2.60. The van der Waals surface area contributed by atoms with Crippen molar-refractivity contribution in [2.24, 2.45) is 5.92 Å². The molecular formula is C13H19N3O2. The monoisotopic (exact) mass is 249 g/mol. The molecule has 0 saturated carbocycles. The van der Waals surface area contributed by atoms with Crippen LogP contribution in [-0.2, 0) is 0 Å². The van der Waals surface area contributed by atoms with Gasteiger partial charge in [0.2, 0.25) is 5.95 Å². The van der Waals surface area contributed by atoms with Crippen molar-refractivity contribution in [3.63, 3.8) is 0 Å².